The summed E-state index contributed by atoms with van der Waals surface area (Å²) in [6.45, 7) is 3.27. The van der Waals surface area contributed by atoms with Gasteiger partial charge in [-0.2, -0.15) is 0 Å². The van der Waals surface area contributed by atoms with Crippen molar-refractivity contribution in [3.05, 3.63) is 75.8 Å². The van der Waals surface area contributed by atoms with Crippen molar-refractivity contribution in [3.8, 4) is 0 Å². The van der Waals surface area contributed by atoms with Gasteiger partial charge in [0, 0.05) is 11.8 Å². The van der Waals surface area contributed by atoms with Crippen molar-refractivity contribution in [3.63, 3.8) is 0 Å². The third-order valence-electron chi connectivity index (χ3n) is 3.65. The molecule has 128 valence electrons. The van der Waals surface area contributed by atoms with Crippen molar-refractivity contribution in [1.82, 2.24) is 10.3 Å². The SMILES string of the molecule is Cc1ccc(S(=O)(=O)NN[C@@H](c2ccccc2)[C@H](C)[N+](=O)[O-])cc1. The first kappa shape index (κ1) is 18.1. The van der Waals surface area contributed by atoms with Gasteiger partial charge in [0.2, 0.25) is 6.04 Å². The van der Waals surface area contributed by atoms with Gasteiger partial charge in [-0.3, -0.25) is 10.1 Å². The van der Waals surface area contributed by atoms with Crippen molar-refractivity contribution in [2.75, 3.05) is 0 Å². The summed E-state index contributed by atoms with van der Waals surface area (Å²) >= 11 is 0. The molecule has 0 aliphatic rings. The number of sulfonamides is 1. The summed E-state index contributed by atoms with van der Waals surface area (Å²) in [5.74, 6) is 0. The largest absolute Gasteiger partial charge is 0.264 e. The van der Waals surface area contributed by atoms with Crippen LogP contribution >= 0.6 is 0 Å². The maximum absolute atomic E-state index is 12.3. The molecule has 2 rings (SSSR count). The van der Waals surface area contributed by atoms with Crippen molar-refractivity contribution in [1.29, 1.82) is 0 Å². The van der Waals surface area contributed by atoms with Crippen molar-refractivity contribution < 1.29 is 13.3 Å². The topological polar surface area (TPSA) is 101 Å². The predicted octanol–water partition coefficient (Wildman–Crippen LogP) is 2.18. The molecule has 0 aliphatic heterocycles. The van der Waals surface area contributed by atoms with Crippen LogP contribution in [0.4, 0.5) is 0 Å². The van der Waals surface area contributed by atoms with Gasteiger partial charge in [-0.15, -0.1) is 4.83 Å². The summed E-state index contributed by atoms with van der Waals surface area (Å²) in [4.78, 5) is 13.0. The molecule has 0 spiro atoms. The lowest BCUT2D eigenvalue weighted by atomic mass is 10.0. The molecule has 0 amide bonds. The van der Waals surface area contributed by atoms with E-state index in [0.717, 1.165) is 5.56 Å². The zero-order valence-electron chi connectivity index (χ0n) is 13.3. The second-order valence-electron chi connectivity index (χ2n) is 5.48. The number of nitrogens with one attached hydrogen (secondary N) is 2. The van der Waals surface area contributed by atoms with Gasteiger partial charge in [0.25, 0.3) is 10.0 Å². The Hall–Kier alpha value is -2.29. The molecular formula is C16H19N3O4S. The van der Waals surface area contributed by atoms with E-state index in [1.165, 1.54) is 19.1 Å². The number of benzene rings is 2. The summed E-state index contributed by atoms with van der Waals surface area (Å²) in [5, 5.41) is 11.1. The highest BCUT2D eigenvalue weighted by molar-refractivity contribution is 7.89. The molecular weight excluding hydrogens is 330 g/mol. The fraction of sp³-hybridized carbons (Fsp3) is 0.250. The summed E-state index contributed by atoms with van der Waals surface area (Å²) in [5.41, 5.74) is 4.15. The van der Waals surface area contributed by atoms with Crippen molar-refractivity contribution >= 4 is 10.0 Å². The second-order valence-corrected chi connectivity index (χ2v) is 7.16. The minimum atomic E-state index is -3.82. The van der Waals surface area contributed by atoms with Crippen LogP contribution in [0.1, 0.15) is 24.1 Å². The van der Waals surface area contributed by atoms with Crippen LogP contribution in [0.15, 0.2) is 59.5 Å². The maximum atomic E-state index is 12.3. The van der Waals surface area contributed by atoms with E-state index in [0.29, 0.717) is 5.56 Å². The molecule has 24 heavy (non-hydrogen) atoms. The van der Waals surface area contributed by atoms with Gasteiger partial charge < -0.3 is 0 Å². The van der Waals surface area contributed by atoms with E-state index in [1.54, 1.807) is 42.5 Å². The van der Waals surface area contributed by atoms with Gasteiger partial charge in [-0.05, 0) is 24.6 Å². The molecule has 0 fully saturated rings. The summed E-state index contributed by atoms with van der Waals surface area (Å²) < 4.78 is 24.7. The van der Waals surface area contributed by atoms with E-state index in [-0.39, 0.29) is 4.90 Å². The lowest BCUT2D eigenvalue weighted by molar-refractivity contribution is -0.523. The van der Waals surface area contributed by atoms with Gasteiger partial charge >= 0.3 is 0 Å². The molecule has 2 N–H and O–H groups in total. The fourth-order valence-electron chi connectivity index (χ4n) is 2.18. The van der Waals surface area contributed by atoms with Gasteiger partial charge in [-0.25, -0.2) is 13.8 Å². The normalized spacial score (nSPS) is 14.1. The molecule has 7 nitrogen and oxygen atoms in total. The zero-order valence-corrected chi connectivity index (χ0v) is 14.2. The minimum absolute atomic E-state index is 0.0844. The second kappa shape index (κ2) is 7.52. The first-order chi connectivity index (χ1) is 11.3. The van der Waals surface area contributed by atoms with Crippen LogP contribution in [0.2, 0.25) is 0 Å². The Bertz CT molecular complexity index is 792. The Labute approximate surface area is 140 Å². The average molecular weight is 349 g/mol. The minimum Gasteiger partial charge on any atom is -0.264 e. The molecule has 0 bridgehead atoms. The molecule has 0 heterocycles. The summed E-state index contributed by atoms with van der Waals surface area (Å²) in [6.07, 6.45) is 0. The molecule has 0 saturated carbocycles. The Morgan fingerprint density at radius 2 is 1.62 bits per heavy atom. The Morgan fingerprint density at radius 1 is 1.04 bits per heavy atom. The van der Waals surface area contributed by atoms with E-state index >= 15 is 0 Å². The van der Waals surface area contributed by atoms with E-state index in [2.05, 4.69) is 10.3 Å². The summed E-state index contributed by atoms with van der Waals surface area (Å²) in [7, 11) is -3.82. The van der Waals surface area contributed by atoms with Crippen LogP contribution in [0, 0.1) is 17.0 Å². The Kier molecular flexibility index (Phi) is 5.66. The number of hydrogen-bond acceptors (Lipinski definition) is 5. The number of nitrogens with zero attached hydrogens (tertiary/aromatic N) is 1. The quantitative estimate of drug-likeness (QED) is 0.589. The molecule has 2 aromatic rings. The summed E-state index contributed by atoms with van der Waals surface area (Å²) in [6, 6.07) is 13.2. The molecule has 0 aliphatic carbocycles. The molecule has 0 unspecified atom stereocenters. The first-order valence-electron chi connectivity index (χ1n) is 7.34. The van der Waals surface area contributed by atoms with Crippen LogP contribution in [0.5, 0.6) is 0 Å². The fourth-order valence-corrected chi connectivity index (χ4v) is 3.08. The standard InChI is InChI=1S/C16H19N3O4S/c1-12-8-10-15(11-9-12)24(22,23)18-17-16(13(2)19(20)21)14-6-4-3-5-7-14/h3-11,13,16-18H,1-2H3/t13-,16+/m0/s1. The van der Waals surface area contributed by atoms with Crippen LogP contribution in [0.25, 0.3) is 0 Å². The highest BCUT2D eigenvalue weighted by Crippen LogP contribution is 2.18. The van der Waals surface area contributed by atoms with Crippen LogP contribution in [-0.2, 0) is 10.0 Å². The number of nitro groups is 1. The maximum Gasteiger partial charge on any atom is 0.253 e. The van der Waals surface area contributed by atoms with E-state index in [4.69, 9.17) is 0 Å². The Balaban J connectivity index is 2.21. The highest BCUT2D eigenvalue weighted by Gasteiger charge is 2.29. The highest BCUT2D eigenvalue weighted by atomic mass is 32.2. The zero-order chi connectivity index (χ0) is 17.7. The van der Waals surface area contributed by atoms with E-state index in [1.807, 2.05) is 6.92 Å². The van der Waals surface area contributed by atoms with Crippen LogP contribution < -0.4 is 10.3 Å². The van der Waals surface area contributed by atoms with Gasteiger partial charge in [0.05, 0.1) is 4.90 Å². The van der Waals surface area contributed by atoms with Crippen molar-refractivity contribution in [2.24, 2.45) is 0 Å². The predicted molar refractivity (Wildman–Crippen MR) is 90.3 cm³/mol. The van der Waals surface area contributed by atoms with Crippen LogP contribution in [0.3, 0.4) is 0 Å². The molecule has 0 radical (unpaired) electrons. The lowest BCUT2D eigenvalue weighted by Crippen LogP contribution is -2.45. The third-order valence-corrected chi connectivity index (χ3v) is 4.93. The first-order valence-corrected chi connectivity index (χ1v) is 8.82. The average Bonchev–Trinajstić information content (AvgIpc) is 2.56. The Morgan fingerprint density at radius 3 is 2.17 bits per heavy atom. The van der Waals surface area contributed by atoms with Crippen molar-refractivity contribution in [2.45, 2.75) is 30.8 Å². The molecule has 2 aromatic carbocycles. The van der Waals surface area contributed by atoms with Gasteiger partial charge in [0.15, 0.2) is 0 Å². The third kappa shape index (κ3) is 4.38. The van der Waals surface area contributed by atoms with Gasteiger partial charge in [-0.1, -0.05) is 48.0 Å². The smallest absolute Gasteiger partial charge is 0.253 e. The molecule has 0 saturated heterocycles. The number of hydrazine groups is 1. The molecule has 0 aromatic heterocycles. The van der Waals surface area contributed by atoms with E-state index < -0.39 is 27.0 Å². The monoisotopic (exact) mass is 349 g/mol. The van der Waals surface area contributed by atoms with Gasteiger partial charge in [0.1, 0.15) is 6.04 Å². The lowest BCUT2D eigenvalue weighted by Gasteiger charge is -2.20. The van der Waals surface area contributed by atoms with Crippen LogP contribution in [-0.4, -0.2) is 19.4 Å². The number of aryl methyl sites for hydroxylation is 1. The number of rotatable bonds is 7. The number of hydrogen-bond donors (Lipinski definition) is 2. The molecule has 2 atom stereocenters. The van der Waals surface area contributed by atoms with E-state index in [9.17, 15) is 18.5 Å². The molecule has 8 heteroatoms.